The number of aromatic nitrogens is 3. The van der Waals surface area contributed by atoms with Gasteiger partial charge in [0, 0.05) is 22.3 Å². The number of halogens is 3. The molecule has 7 heteroatoms. The van der Waals surface area contributed by atoms with Crippen LogP contribution in [0.25, 0.3) is 21.9 Å². The fourth-order valence-electron chi connectivity index (χ4n) is 2.91. The second kappa shape index (κ2) is 5.47. The van der Waals surface area contributed by atoms with E-state index in [0.29, 0.717) is 16.9 Å². The Labute approximate surface area is 140 Å². The predicted molar refractivity (Wildman–Crippen MR) is 90.9 cm³/mol. The number of nitrogens with one attached hydrogen (secondary N) is 2. The number of pyridine rings is 1. The van der Waals surface area contributed by atoms with Crippen molar-refractivity contribution in [3.05, 3.63) is 60.0 Å². The number of rotatable bonds is 2. The monoisotopic (exact) mass is 342 g/mol. The van der Waals surface area contributed by atoms with Gasteiger partial charge in [0.25, 0.3) is 0 Å². The maximum atomic E-state index is 12.9. The van der Waals surface area contributed by atoms with Crippen LogP contribution in [0.1, 0.15) is 11.3 Å². The number of fused-ring (bicyclic) bond motifs is 3. The van der Waals surface area contributed by atoms with Crippen LogP contribution in [0.2, 0.25) is 0 Å². The molecule has 2 N–H and O–H groups in total. The average molecular weight is 342 g/mol. The lowest BCUT2D eigenvalue weighted by Gasteiger charge is -2.14. The molecular weight excluding hydrogens is 329 g/mol. The van der Waals surface area contributed by atoms with E-state index in [1.807, 2.05) is 25.1 Å². The van der Waals surface area contributed by atoms with E-state index in [0.717, 1.165) is 34.2 Å². The Morgan fingerprint density at radius 3 is 2.68 bits per heavy atom. The average Bonchev–Trinajstić information content (AvgIpc) is 3.02. The Kier molecular flexibility index (Phi) is 3.38. The highest BCUT2D eigenvalue weighted by molar-refractivity contribution is 6.10. The molecule has 0 fully saturated rings. The van der Waals surface area contributed by atoms with Crippen LogP contribution in [0.5, 0.6) is 0 Å². The third-order valence-electron chi connectivity index (χ3n) is 3.97. The maximum Gasteiger partial charge on any atom is 0.416 e. The van der Waals surface area contributed by atoms with Gasteiger partial charge in [-0.25, -0.2) is 9.97 Å². The summed E-state index contributed by atoms with van der Waals surface area (Å²) >= 11 is 0. The normalized spacial score (nSPS) is 12.0. The Balaban J connectivity index is 1.88. The van der Waals surface area contributed by atoms with Crippen LogP contribution in [0.4, 0.5) is 24.5 Å². The molecule has 0 saturated carbocycles. The molecule has 0 atom stereocenters. The number of imidazole rings is 1. The number of aromatic amines is 1. The lowest BCUT2D eigenvalue weighted by molar-refractivity contribution is -0.137. The lowest BCUT2D eigenvalue weighted by Crippen LogP contribution is -2.05. The van der Waals surface area contributed by atoms with Gasteiger partial charge in [0.05, 0.1) is 16.8 Å². The first-order valence-corrected chi connectivity index (χ1v) is 7.59. The molecule has 126 valence electrons. The van der Waals surface area contributed by atoms with Gasteiger partial charge in [0.1, 0.15) is 11.8 Å². The number of benzene rings is 2. The van der Waals surface area contributed by atoms with Gasteiger partial charge in [-0.2, -0.15) is 13.2 Å². The molecule has 0 radical (unpaired) electrons. The van der Waals surface area contributed by atoms with Gasteiger partial charge in [0.2, 0.25) is 0 Å². The molecular formula is C18H13F3N4. The molecule has 4 nitrogen and oxygen atoms in total. The molecule has 0 aliphatic heterocycles. The zero-order valence-corrected chi connectivity index (χ0v) is 13.1. The van der Waals surface area contributed by atoms with Crippen molar-refractivity contribution in [2.45, 2.75) is 13.1 Å². The molecule has 2 aromatic carbocycles. The van der Waals surface area contributed by atoms with Gasteiger partial charge in [-0.05, 0) is 43.3 Å². The number of H-pyrrole nitrogens is 1. The second-order valence-corrected chi connectivity index (χ2v) is 5.80. The van der Waals surface area contributed by atoms with Crippen LogP contribution < -0.4 is 5.32 Å². The summed E-state index contributed by atoms with van der Waals surface area (Å²) in [6, 6.07) is 10.7. The van der Waals surface area contributed by atoms with Crippen LogP contribution >= 0.6 is 0 Å². The van der Waals surface area contributed by atoms with E-state index in [1.54, 1.807) is 6.07 Å². The van der Waals surface area contributed by atoms with E-state index < -0.39 is 11.7 Å². The van der Waals surface area contributed by atoms with Crippen molar-refractivity contribution in [1.29, 1.82) is 0 Å². The second-order valence-electron chi connectivity index (χ2n) is 5.80. The third kappa shape index (κ3) is 2.77. The van der Waals surface area contributed by atoms with Gasteiger partial charge in [-0.1, -0.05) is 6.07 Å². The first-order valence-electron chi connectivity index (χ1n) is 7.59. The molecule has 25 heavy (non-hydrogen) atoms. The van der Waals surface area contributed by atoms with Gasteiger partial charge in [0.15, 0.2) is 0 Å². The first kappa shape index (κ1) is 15.4. The largest absolute Gasteiger partial charge is 0.416 e. The zero-order chi connectivity index (χ0) is 17.6. The summed E-state index contributed by atoms with van der Waals surface area (Å²) in [6.07, 6.45) is -2.91. The molecule has 0 amide bonds. The summed E-state index contributed by atoms with van der Waals surface area (Å²) in [7, 11) is 0. The fourth-order valence-corrected chi connectivity index (χ4v) is 2.91. The highest BCUT2D eigenvalue weighted by Crippen LogP contribution is 2.34. The highest BCUT2D eigenvalue weighted by Gasteiger charge is 2.30. The summed E-state index contributed by atoms with van der Waals surface area (Å²) in [5, 5.41) is 3.88. The van der Waals surface area contributed by atoms with E-state index in [2.05, 4.69) is 20.3 Å². The highest BCUT2D eigenvalue weighted by atomic mass is 19.4. The van der Waals surface area contributed by atoms with Crippen molar-refractivity contribution in [3.8, 4) is 0 Å². The van der Waals surface area contributed by atoms with E-state index in [9.17, 15) is 13.2 Å². The molecule has 4 aromatic rings. The summed E-state index contributed by atoms with van der Waals surface area (Å²) in [6.45, 7) is 1.89. The Morgan fingerprint density at radius 2 is 1.88 bits per heavy atom. The van der Waals surface area contributed by atoms with Crippen molar-refractivity contribution in [2.75, 3.05) is 5.32 Å². The van der Waals surface area contributed by atoms with Crippen molar-refractivity contribution in [2.24, 2.45) is 0 Å². The van der Waals surface area contributed by atoms with E-state index in [1.165, 1.54) is 12.4 Å². The smallest absolute Gasteiger partial charge is 0.358 e. The summed E-state index contributed by atoms with van der Waals surface area (Å²) in [4.78, 5) is 11.7. The molecule has 2 aromatic heterocycles. The van der Waals surface area contributed by atoms with Gasteiger partial charge >= 0.3 is 6.18 Å². The van der Waals surface area contributed by atoms with Crippen molar-refractivity contribution >= 4 is 33.3 Å². The van der Waals surface area contributed by atoms with Crippen LogP contribution in [0, 0.1) is 6.92 Å². The van der Waals surface area contributed by atoms with Crippen LogP contribution in [0.3, 0.4) is 0 Å². The number of hydrogen-bond donors (Lipinski definition) is 2. The minimum atomic E-state index is -4.38. The molecule has 0 aliphatic rings. The number of anilines is 2. The molecule has 0 bridgehead atoms. The third-order valence-corrected chi connectivity index (χ3v) is 3.97. The Morgan fingerprint density at radius 1 is 1.04 bits per heavy atom. The van der Waals surface area contributed by atoms with Crippen LogP contribution in [-0.2, 0) is 6.18 Å². The number of nitrogens with zero attached hydrogens (tertiary/aromatic N) is 2. The SMILES string of the molecule is Cc1cc(Nc2cccc(C(F)(F)F)c2)c2c(ccc3ncnc32)[nH]1. The first-order chi connectivity index (χ1) is 11.9. The molecule has 4 rings (SSSR count). The Hall–Kier alpha value is -3.09. The molecule has 0 unspecified atom stereocenters. The minimum absolute atomic E-state index is 0.359. The minimum Gasteiger partial charge on any atom is -0.358 e. The summed E-state index contributed by atoms with van der Waals surface area (Å²) in [5.74, 6) is 0. The van der Waals surface area contributed by atoms with E-state index >= 15 is 0 Å². The van der Waals surface area contributed by atoms with Crippen molar-refractivity contribution in [3.63, 3.8) is 0 Å². The van der Waals surface area contributed by atoms with Gasteiger partial charge in [-0.3, -0.25) is 0 Å². The zero-order valence-electron chi connectivity index (χ0n) is 13.1. The van der Waals surface area contributed by atoms with Crippen LogP contribution in [-0.4, -0.2) is 15.0 Å². The fraction of sp³-hybridized carbons (Fsp3) is 0.111. The van der Waals surface area contributed by atoms with Crippen LogP contribution in [0.15, 0.2) is 48.8 Å². The molecule has 0 aliphatic carbocycles. The Bertz CT molecular complexity index is 1080. The standard InChI is InChI=1S/C18H13F3N4/c1-10-7-15(25-12-4-2-3-11(8-12)18(19,20)21)16-13(24-10)5-6-14-17(16)23-9-22-14/h2-9,24-25H,1H3. The summed E-state index contributed by atoms with van der Waals surface area (Å²) < 4.78 is 38.8. The topological polar surface area (TPSA) is 53.6 Å². The molecule has 0 spiro atoms. The van der Waals surface area contributed by atoms with E-state index in [4.69, 9.17) is 0 Å². The van der Waals surface area contributed by atoms with Crippen molar-refractivity contribution in [1.82, 2.24) is 15.0 Å². The molecule has 2 heterocycles. The van der Waals surface area contributed by atoms with E-state index in [-0.39, 0.29) is 0 Å². The molecule has 0 saturated heterocycles. The predicted octanol–water partition coefficient (Wildman–Crippen LogP) is 5.18. The number of alkyl halides is 3. The quantitative estimate of drug-likeness (QED) is 0.528. The maximum absolute atomic E-state index is 12.9. The van der Waals surface area contributed by atoms with Gasteiger partial charge < -0.3 is 10.3 Å². The summed E-state index contributed by atoms with van der Waals surface area (Å²) in [5.41, 5.74) is 3.48. The number of hydrogen-bond acceptors (Lipinski definition) is 3. The van der Waals surface area contributed by atoms with Gasteiger partial charge in [-0.15, -0.1) is 0 Å². The van der Waals surface area contributed by atoms with Crippen molar-refractivity contribution < 1.29 is 13.2 Å². The number of aryl methyl sites for hydroxylation is 1. The lowest BCUT2D eigenvalue weighted by atomic mass is 10.1.